The Hall–Kier alpha value is -1.31. The summed E-state index contributed by atoms with van der Waals surface area (Å²) >= 11 is 0.904. The number of aromatic nitrogens is 1. The van der Waals surface area contributed by atoms with E-state index in [1.54, 1.807) is 9.80 Å². The summed E-state index contributed by atoms with van der Waals surface area (Å²) in [7, 11) is 0. The molecule has 1 saturated heterocycles. The van der Waals surface area contributed by atoms with Gasteiger partial charge in [-0.1, -0.05) is 0 Å². The number of hydrogen-bond donors (Lipinski definition) is 0. The van der Waals surface area contributed by atoms with Gasteiger partial charge < -0.3 is 9.80 Å². The Kier molecular flexibility index (Phi) is 2.98. The molecular formula is C9H10F3N3OS. The summed E-state index contributed by atoms with van der Waals surface area (Å²) in [6.45, 7) is 2.77. The van der Waals surface area contributed by atoms with Gasteiger partial charge in [-0.15, -0.1) is 11.3 Å². The molecule has 17 heavy (non-hydrogen) atoms. The van der Waals surface area contributed by atoms with Crippen LogP contribution in [0, 0.1) is 0 Å². The van der Waals surface area contributed by atoms with Crippen LogP contribution in [0.2, 0.25) is 0 Å². The van der Waals surface area contributed by atoms with E-state index >= 15 is 0 Å². The Morgan fingerprint density at radius 2 is 2.24 bits per heavy atom. The highest BCUT2D eigenvalue weighted by Gasteiger charge is 2.35. The second-order valence-electron chi connectivity index (χ2n) is 3.60. The number of rotatable bonds is 2. The summed E-state index contributed by atoms with van der Waals surface area (Å²) in [6, 6.07) is 0. The third kappa shape index (κ3) is 2.36. The summed E-state index contributed by atoms with van der Waals surface area (Å²) in [5.74, 6) is -0.0868. The fraction of sp³-hybridized carbons (Fsp3) is 0.556. The Morgan fingerprint density at radius 3 is 2.71 bits per heavy atom. The maximum absolute atomic E-state index is 12.4. The molecule has 0 aromatic carbocycles. The number of alkyl halides is 3. The van der Waals surface area contributed by atoms with Crippen LogP contribution < -0.4 is 4.90 Å². The standard InChI is InChI=1S/C9H10F3N3OS/c1-2-14-5-15(3-7(14)16)8-13-6(4-17-8)9(10,11)12/h4H,2-3,5H2,1H3. The van der Waals surface area contributed by atoms with E-state index in [4.69, 9.17) is 0 Å². The molecule has 0 bridgehead atoms. The number of halogens is 3. The number of carbonyl (C=O) groups excluding carboxylic acids is 1. The number of nitrogens with zero attached hydrogens (tertiary/aromatic N) is 3. The summed E-state index contributed by atoms with van der Waals surface area (Å²) < 4.78 is 37.1. The van der Waals surface area contributed by atoms with E-state index in [9.17, 15) is 18.0 Å². The molecule has 1 aromatic rings. The van der Waals surface area contributed by atoms with Crippen LogP contribution in [0.5, 0.6) is 0 Å². The van der Waals surface area contributed by atoms with Gasteiger partial charge in [0.1, 0.15) is 6.54 Å². The summed E-state index contributed by atoms with van der Waals surface area (Å²) in [5, 5.41) is 1.20. The second-order valence-corrected chi connectivity index (χ2v) is 4.44. The lowest BCUT2D eigenvalue weighted by Gasteiger charge is -2.15. The Labute approximate surface area is 99.7 Å². The number of hydrogen-bond acceptors (Lipinski definition) is 4. The van der Waals surface area contributed by atoms with Gasteiger partial charge in [-0.25, -0.2) is 4.98 Å². The van der Waals surface area contributed by atoms with E-state index in [2.05, 4.69) is 4.98 Å². The minimum absolute atomic E-state index is 0.0868. The normalized spacial score (nSPS) is 17.1. The molecule has 2 heterocycles. The average molecular weight is 265 g/mol. The predicted molar refractivity (Wildman–Crippen MR) is 56.7 cm³/mol. The van der Waals surface area contributed by atoms with Gasteiger partial charge >= 0.3 is 6.18 Å². The Balaban J connectivity index is 2.15. The lowest BCUT2D eigenvalue weighted by Crippen LogP contribution is -2.26. The molecule has 0 aliphatic carbocycles. The molecule has 2 rings (SSSR count). The summed E-state index contributed by atoms with van der Waals surface area (Å²) in [4.78, 5) is 18.1. The average Bonchev–Trinajstić information content (AvgIpc) is 2.82. The van der Waals surface area contributed by atoms with Crippen molar-refractivity contribution < 1.29 is 18.0 Å². The fourth-order valence-corrected chi connectivity index (χ4v) is 2.37. The highest BCUT2D eigenvalue weighted by Crippen LogP contribution is 2.33. The monoisotopic (exact) mass is 265 g/mol. The highest BCUT2D eigenvalue weighted by atomic mass is 32.1. The van der Waals surface area contributed by atoms with Crippen molar-refractivity contribution in [3.8, 4) is 0 Å². The largest absolute Gasteiger partial charge is 0.434 e. The molecule has 0 N–H and O–H groups in total. The molecule has 1 amide bonds. The highest BCUT2D eigenvalue weighted by molar-refractivity contribution is 7.13. The van der Waals surface area contributed by atoms with Crippen molar-refractivity contribution >= 4 is 22.4 Å². The maximum Gasteiger partial charge on any atom is 0.434 e. The van der Waals surface area contributed by atoms with Gasteiger partial charge in [0.2, 0.25) is 5.91 Å². The number of carbonyl (C=O) groups is 1. The van der Waals surface area contributed by atoms with Crippen LogP contribution in [0.25, 0.3) is 0 Å². The predicted octanol–water partition coefficient (Wildman–Crippen LogP) is 1.79. The van der Waals surface area contributed by atoms with Crippen molar-refractivity contribution in [2.45, 2.75) is 13.1 Å². The number of amides is 1. The van der Waals surface area contributed by atoms with Crippen LogP contribution in [0.1, 0.15) is 12.6 Å². The van der Waals surface area contributed by atoms with Crippen molar-refractivity contribution in [1.29, 1.82) is 0 Å². The number of likely N-dealkylation sites (N-methyl/N-ethyl adjacent to an activating group) is 1. The zero-order chi connectivity index (χ0) is 12.6. The van der Waals surface area contributed by atoms with Gasteiger partial charge in [-0.3, -0.25) is 4.79 Å². The van der Waals surface area contributed by atoms with Crippen LogP contribution in [0.4, 0.5) is 18.3 Å². The van der Waals surface area contributed by atoms with E-state index in [1.807, 2.05) is 6.92 Å². The van der Waals surface area contributed by atoms with Crippen molar-refractivity contribution in [1.82, 2.24) is 9.88 Å². The van der Waals surface area contributed by atoms with E-state index in [-0.39, 0.29) is 17.6 Å². The van der Waals surface area contributed by atoms with E-state index in [0.29, 0.717) is 13.2 Å². The Morgan fingerprint density at radius 1 is 1.53 bits per heavy atom. The van der Waals surface area contributed by atoms with Crippen LogP contribution in [-0.4, -0.2) is 35.5 Å². The zero-order valence-electron chi connectivity index (χ0n) is 8.99. The lowest BCUT2D eigenvalue weighted by molar-refractivity contribution is -0.140. The summed E-state index contributed by atoms with van der Waals surface area (Å²) in [6.07, 6.45) is -4.43. The first-order chi connectivity index (χ1) is 7.91. The van der Waals surface area contributed by atoms with Gasteiger partial charge in [-0.05, 0) is 6.92 Å². The van der Waals surface area contributed by atoms with Crippen molar-refractivity contribution in [2.24, 2.45) is 0 Å². The quantitative estimate of drug-likeness (QED) is 0.818. The van der Waals surface area contributed by atoms with Crippen LogP contribution in [-0.2, 0) is 11.0 Å². The molecule has 0 saturated carbocycles. The molecule has 8 heteroatoms. The SMILES string of the molecule is CCN1CN(c2nc(C(F)(F)F)cs2)CC1=O. The Bertz CT molecular complexity index is 431. The molecule has 0 spiro atoms. The first-order valence-electron chi connectivity index (χ1n) is 4.97. The van der Waals surface area contributed by atoms with Gasteiger partial charge in [0.25, 0.3) is 0 Å². The molecule has 1 aliphatic rings. The van der Waals surface area contributed by atoms with Crippen LogP contribution in [0.15, 0.2) is 5.38 Å². The summed E-state index contributed by atoms with van der Waals surface area (Å²) in [5.41, 5.74) is -0.903. The van der Waals surface area contributed by atoms with Crippen molar-refractivity contribution in [3.63, 3.8) is 0 Å². The van der Waals surface area contributed by atoms with Crippen molar-refractivity contribution in [2.75, 3.05) is 24.7 Å². The third-order valence-electron chi connectivity index (χ3n) is 2.45. The van der Waals surface area contributed by atoms with Gasteiger partial charge in [0.15, 0.2) is 10.8 Å². The maximum atomic E-state index is 12.4. The number of anilines is 1. The minimum Gasteiger partial charge on any atom is -0.324 e. The first-order valence-corrected chi connectivity index (χ1v) is 5.85. The van der Waals surface area contributed by atoms with E-state index in [0.717, 1.165) is 16.7 Å². The lowest BCUT2D eigenvalue weighted by atomic mass is 10.5. The zero-order valence-corrected chi connectivity index (χ0v) is 9.81. The minimum atomic E-state index is -4.43. The van der Waals surface area contributed by atoms with Gasteiger partial charge in [0, 0.05) is 11.9 Å². The first kappa shape index (κ1) is 12.2. The second kappa shape index (κ2) is 4.17. The molecule has 4 nitrogen and oxygen atoms in total. The topological polar surface area (TPSA) is 36.4 Å². The van der Waals surface area contributed by atoms with E-state index in [1.165, 1.54) is 0 Å². The molecule has 1 aliphatic heterocycles. The molecule has 0 atom stereocenters. The molecule has 0 radical (unpaired) electrons. The smallest absolute Gasteiger partial charge is 0.324 e. The molecule has 0 unspecified atom stereocenters. The third-order valence-corrected chi connectivity index (χ3v) is 3.36. The molecule has 94 valence electrons. The molecular weight excluding hydrogens is 255 g/mol. The van der Waals surface area contributed by atoms with Crippen molar-refractivity contribution in [3.05, 3.63) is 11.1 Å². The number of thiazole rings is 1. The van der Waals surface area contributed by atoms with Gasteiger partial charge in [0.05, 0.1) is 6.67 Å². The fourth-order valence-electron chi connectivity index (χ4n) is 1.54. The van der Waals surface area contributed by atoms with E-state index < -0.39 is 11.9 Å². The molecule has 1 aromatic heterocycles. The van der Waals surface area contributed by atoms with Crippen LogP contribution >= 0.6 is 11.3 Å². The molecule has 1 fully saturated rings. The van der Waals surface area contributed by atoms with Crippen LogP contribution in [0.3, 0.4) is 0 Å². The van der Waals surface area contributed by atoms with Gasteiger partial charge in [-0.2, -0.15) is 13.2 Å².